The number of nitrogens with one attached hydrogen (secondary N) is 1. The van der Waals surface area contributed by atoms with Crippen LogP contribution in [0.4, 0.5) is 10.5 Å². The molecule has 3 heteroatoms. The molecule has 0 unspecified atom stereocenters. The fraction of sp³-hybridized carbons (Fsp3) is 0.462. The number of aryl methyl sites for hydroxylation is 1. The van der Waals surface area contributed by atoms with Gasteiger partial charge >= 0.3 is 6.03 Å². The summed E-state index contributed by atoms with van der Waals surface area (Å²) in [7, 11) is 0. The molecule has 3 nitrogen and oxygen atoms in total. The first-order valence-corrected chi connectivity index (χ1v) is 5.70. The van der Waals surface area contributed by atoms with Gasteiger partial charge in [0.1, 0.15) is 0 Å². The number of amides is 2. The van der Waals surface area contributed by atoms with Gasteiger partial charge in [-0.15, -0.1) is 0 Å². The molecule has 0 heterocycles. The molecule has 0 radical (unpaired) electrons. The van der Waals surface area contributed by atoms with Crippen LogP contribution in [0, 0.1) is 6.92 Å². The number of carbonyl (C=O) groups is 1. The van der Waals surface area contributed by atoms with Crippen molar-refractivity contribution < 1.29 is 4.79 Å². The standard InChI is InChI=1S/C13H20N2O/c1-5-15(13(16)14-10(2)3)12-9-7-6-8-11(12)4/h6-10H,5H2,1-4H3,(H,14,16). The molecule has 1 aromatic carbocycles. The van der Waals surface area contributed by atoms with E-state index in [1.807, 2.05) is 52.0 Å². The Bertz CT molecular complexity index is 361. The number of hydrogen-bond acceptors (Lipinski definition) is 1. The third-order valence-corrected chi connectivity index (χ3v) is 2.38. The van der Waals surface area contributed by atoms with Crippen LogP contribution in [0.3, 0.4) is 0 Å². The summed E-state index contributed by atoms with van der Waals surface area (Å²) in [5.74, 6) is 0. The molecule has 0 aliphatic carbocycles. The summed E-state index contributed by atoms with van der Waals surface area (Å²) in [5.41, 5.74) is 2.09. The van der Waals surface area contributed by atoms with Crippen molar-refractivity contribution in [3.05, 3.63) is 29.8 Å². The van der Waals surface area contributed by atoms with Gasteiger partial charge in [0, 0.05) is 18.3 Å². The van der Waals surface area contributed by atoms with E-state index in [9.17, 15) is 4.79 Å². The Balaban J connectivity index is 2.90. The van der Waals surface area contributed by atoms with Crippen LogP contribution in [-0.2, 0) is 0 Å². The van der Waals surface area contributed by atoms with E-state index in [4.69, 9.17) is 0 Å². The van der Waals surface area contributed by atoms with Crippen LogP contribution >= 0.6 is 0 Å². The Hall–Kier alpha value is -1.51. The summed E-state index contributed by atoms with van der Waals surface area (Å²) in [6.07, 6.45) is 0. The number of rotatable bonds is 3. The van der Waals surface area contributed by atoms with E-state index in [1.165, 1.54) is 0 Å². The molecule has 0 spiro atoms. The minimum absolute atomic E-state index is 0.0354. The zero-order valence-electron chi connectivity index (χ0n) is 10.4. The van der Waals surface area contributed by atoms with Gasteiger partial charge < -0.3 is 5.32 Å². The maximum Gasteiger partial charge on any atom is 0.322 e. The van der Waals surface area contributed by atoms with Crippen LogP contribution in [0.15, 0.2) is 24.3 Å². The van der Waals surface area contributed by atoms with Crippen LogP contribution in [-0.4, -0.2) is 18.6 Å². The molecule has 0 fully saturated rings. The maximum absolute atomic E-state index is 12.0. The number of carbonyl (C=O) groups excluding carboxylic acids is 1. The molecule has 0 aromatic heterocycles. The molecule has 0 saturated carbocycles. The Morgan fingerprint density at radius 3 is 2.50 bits per heavy atom. The smallest absolute Gasteiger partial charge is 0.322 e. The highest BCUT2D eigenvalue weighted by atomic mass is 16.2. The van der Waals surface area contributed by atoms with Crippen LogP contribution in [0.5, 0.6) is 0 Å². The zero-order chi connectivity index (χ0) is 12.1. The SMILES string of the molecule is CCN(C(=O)NC(C)C)c1ccccc1C. The van der Waals surface area contributed by atoms with E-state index in [1.54, 1.807) is 4.90 Å². The minimum atomic E-state index is -0.0354. The van der Waals surface area contributed by atoms with E-state index in [0.29, 0.717) is 6.54 Å². The monoisotopic (exact) mass is 220 g/mol. The lowest BCUT2D eigenvalue weighted by atomic mass is 10.2. The number of hydrogen-bond donors (Lipinski definition) is 1. The van der Waals surface area contributed by atoms with Crippen molar-refractivity contribution in [3.63, 3.8) is 0 Å². The largest absolute Gasteiger partial charge is 0.336 e. The Morgan fingerprint density at radius 1 is 1.38 bits per heavy atom. The van der Waals surface area contributed by atoms with Gasteiger partial charge in [0.05, 0.1) is 0 Å². The molecule has 2 amide bonds. The van der Waals surface area contributed by atoms with Gasteiger partial charge in [-0.05, 0) is 39.3 Å². The lowest BCUT2D eigenvalue weighted by molar-refractivity contribution is 0.244. The van der Waals surface area contributed by atoms with E-state index >= 15 is 0 Å². The van der Waals surface area contributed by atoms with E-state index in [0.717, 1.165) is 11.3 Å². The molecule has 0 atom stereocenters. The summed E-state index contributed by atoms with van der Waals surface area (Å²) in [6.45, 7) is 8.59. The van der Waals surface area contributed by atoms with Crippen molar-refractivity contribution >= 4 is 11.7 Å². The fourth-order valence-corrected chi connectivity index (χ4v) is 1.61. The molecule has 0 aliphatic rings. The van der Waals surface area contributed by atoms with Crippen molar-refractivity contribution in [1.29, 1.82) is 0 Å². The normalized spacial score (nSPS) is 10.3. The number of benzene rings is 1. The molecule has 1 rings (SSSR count). The highest BCUT2D eigenvalue weighted by Crippen LogP contribution is 2.19. The second-order valence-corrected chi connectivity index (χ2v) is 4.13. The van der Waals surface area contributed by atoms with Crippen molar-refractivity contribution in [1.82, 2.24) is 5.32 Å². The van der Waals surface area contributed by atoms with Crippen LogP contribution in [0.1, 0.15) is 26.3 Å². The molecule has 1 N–H and O–H groups in total. The number of urea groups is 1. The average molecular weight is 220 g/mol. The molecule has 88 valence electrons. The lowest BCUT2D eigenvalue weighted by Gasteiger charge is -2.24. The third kappa shape index (κ3) is 2.99. The molecule has 0 saturated heterocycles. The van der Waals surface area contributed by atoms with Gasteiger partial charge in [0.2, 0.25) is 0 Å². The highest BCUT2D eigenvalue weighted by molar-refractivity contribution is 5.92. The van der Waals surface area contributed by atoms with Gasteiger partial charge in [-0.25, -0.2) is 4.79 Å². The Morgan fingerprint density at radius 2 is 2.00 bits per heavy atom. The quantitative estimate of drug-likeness (QED) is 0.834. The van der Waals surface area contributed by atoms with Crippen molar-refractivity contribution in [2.75, 3.05) is 11.4 Å². The van der Waals surface area contributed by atoms with Crippen LogP contribution < -0.4 is 10.2 Å². The summed E-state index contributed by atoms with van der Waals surface area (Å²) in [6, 6.07) is 8.04. The Labute approximate surface area is 97.5 Å². The van der Waals surface area contributed by atoms with E-state index < -0.39 is 0 Å². The predicted molar refractivity (Wildman–Crippen MR) is 67.9 cm³/mol. The molecule has 1 aromatic rings. The molecular weight excluding hydrogens is 200 g/mol. The van der Waals surface area contributed by atoms with Crippen LogP contribution in [0.25, 0.3) is 0 Å². The number of para-hydroxylation sites is 1. The number of anilines is 1. The Kier molecular flexibility index (Phi) is 4.35. The summed E-state index contributed by atoms with van der Waals surface area (Å²) < 4.78 is 0. The van der Waals surface area contributed by atoms with Gasteiger partial charge in [-0.2, -0.15) is 0 Å². The van der Waals surface area contributed by atoms with E-state index in [2.05, 4.69) is 5.32 Å². The molecular formula is C13H20N2O. The van der Waals surface area contributed by atoms with Gasteiger partial charge in [-0.1, -0.05) is 18.2 Å². The minimum Gasteiger partial charge on any atom is -0.336 e. The van der Waals surface area contributed by atoms with Gasteiger partial charge in [0.25, 0.3) is 0 Å². The molecule has 0 bridgehead atoms. The summed E-state index contributed by atoms with van der Waals surface area (Å²) in [4.78, 5) is 13.7. The van der Waals surface area contributed by atoms with Crippen molar-refractivity contribution in [2.45, 2.75) is 33.7 Å². The zero-order valence-corrected chi connectivity index (χ0v) is 10.4. The fourth-order valence-electron chi connectivity index (χ4n) is 1.61. The van der Waals surface area contributed by atoms with Crippen molar-refractivity contribution in [2.24, 2.45) is 0 Å². The third-order valence-electron chi connectivity index (χ3n) is 2.38. The molecule has 16 heavy (non-hydrogen) atoms. The summed E-state index contributed by atoms with van der Waals surface area (Å²) in [5, 5.41) is 2.91. The second kappa shape index (κ2) is 5.54. The number of nitrogens with zero attached hydrogens (tertiary/aromatic N) is 1. The van der Waals surface area contributed by atoms with Crippen LogP contribution in [0.2, 0.25) is 0 Å². The molecule has 0 aliphatic heterocycles. The maximum atomic E-state index is 12.0. The topological polar surface area (TPSA) is 32.3 Å². The predicted octanol–water partition coefficient (Wildman–Crippen LogP) is 2.94. The van der Waals surface area contributed by atoms with E-state index in [-0.39, 0.29) is 12.1 Å². The van der Waals surface area contributed by atoms with Crippen molar-refractivity contribution in [3.8, 4) is 0 Å². The first-order valence-electron chi connectivity index (χ1n) is 5.70. The van der Waals surface area contributed by atoms with Gasteiger partial charge in [-0.3, -0.25) is 4.90 Å². The highest BCUT2D eigenvalue weighted by Gasteiger charge is 2.15. The summed E-state index contributed by atoms with van der Waals surface area (Å²) >= 11 is 0. The second-order valence-electron chi connectivity index (χ2n) is 4.13. The van der Waals surface area contributed by atoms with Gasteiger partial charge in [0.15, 0.2) is 0 Å². The first-order chi connectivity index (χ1) is 7.56. The lowest BCUT2D eigenvalue weighted by Crippen LogP contribution is -2.43. The average Bonchev–Trinajstić information content (AvgIpc) is 2.20. The first kappa shape index (κ1) is 12.6.